The minimum atomic E-state index is -0.269. The maximum absolute atomic E-state index is 13.1. The third-order valence-corrected chi connectivity index (χ3v) is 6.12. The highest BCUT2D eigenvalue weighted by molar-refractivity contribution is 7.98. The number of rotatable bonds is 8. The molecule has 164 valence electrons. The number of benzene rings is 2. The average molecular weight is 447 g/mol. The zero-order valence-electron chi connectivity index (χ0n) is 18.4. The Balaban J connectivity index is 1.56. The van der Waals surface area contributed by atoms with E-state index in [2.05, 4.69) is 41.0 Å². The molecule has 0 radical (unpaired) electrons. The Morgan fingerprint density at radius 3 is 2.47 bits per heavy atom. The van der Waals surface area contributed by atoms with Crippen LogP contribution in [0.3, 0.4) is 0 Å². The first kappa shape index (κ1) is 21.9. The summed E-state index contributed by atoms with van der Waals surface area (Å²) in [5, 5.41) is 4.56. The molecule has 0 aliphatic rings. The number of para-hydroxylation sites is 1. The van der Waals surface area contributed by atoms with Gasteiger partial charge in [-0.25, -0.2) is 9.97 Å². The van der Waals surface area contributed by atoms with Gasteiger partial charge in [0, 0.05) is 53.1 Å². The minimum Gasteiger partial charge on any atom is -0.451 e. The van der Waals surface area contributed by atoms with Crippen LogP contribution in [0.25, 0.3) is 11.0 Å². The van der Waals surface area contributed by atoms with Crippen LogP contribution in [-0.4, -0.2) is 28.5 Å². The van der Waals surface area contributed by atoms with E-state index in [1.54, 1.807) is 18.5 Å². The van der Waals surface area contributed by atoms with Gasteiger partial charge in [0.25, 0.3) is 5.91 Å². The second-order valence-corrected chi connectivity index (χ2v) is 8.55. The van der Waals surface area contributed by atoms with Crippen molar-refractivity contribution in [2.24, 2.45) is 0 Å². The lowest BCUT2D eigenvalue weighted by Crippen LogP contribution is -2.30. The molecule has 1 amide bonds. The van der Waals surface area contributed by atoms with Gasteiger partial charge in [0.2, 0.25) is 0 Å². The number of nitrogens with zero attached hydrogens (tertiary/aromatic N) is 3. The minimum absolute atomic E-state index is 0.269. The van der Waals surface area contributed by atoms with Crippen molar-refractivity contribution < 1.29 is 9.21 Å². The number of nitrogens with one attached hydrogen (secondary N) is 1. The predicted octanol–water partition coefficient (Wildman–Crippen LogP) is 6.00. The monoisotopic (exact) mass is 446 g/mol. The molecule has 32 heavy (non-hydrogen) atoms. The van der Waals surface area contributed by atoms with Gasteiger partial charge in [0.05, 0.1) is 0 Å². The van der Waals surface area contributed by atoms with Gasteiger partial charge in [-0.3, -0.25) is 4.79 Å². The molecule has 4 rings (SSSR count). The Morgan fingerprint density at radius 2 is 1.78 bits per heavy atom. The van der Waals surface area contributed by atoms with E-state index in [1.165, 1.54) is 11.8 Å². The topological polar surface area (TPSA) is 71.3 Å². The molecule has 0 unspecified atom stereocenters. The van der Waals surface area contributed by atoms with E-state index in [-0.39, 0.29) is 5.91 Å². The number of hydrogen-bond donors (Lipinski definition) is 1. The number of carbonyl (C=O) groups is 1. The number of furan rings is 1. The van der Waals surface area contributed by atoms with E-state index in [4.69, 9.17) is 4.42 Å². The van der Waals surface area contributed by atoms with Crippen molar-refractivity contribution in [2.45, 2.75) is 37.7 Å². The van der Waals surface area contributed by atoms with E-state index < -0.39 is 0 Å². The summed E-state index contributed by atoms with van der Waals surface area (Å²) in [4.78, 5) is 24.0. The maximum Gasteiger partial charge on any atom is 0.291 e. The molecule has 0 aliphatic carbocycles. The Bertz CT molecular complexity index is 1190. The molecule has 2 aromatic heterocycles. The van der Waals surface area contributed by atoms with Gasteiger partial charge in [0.1, 0.15) is 5.58 Å². The van der Waals surface area contributed by atoms with Gasteiger partial charge in [-0.2, -0.15) is 0 Å². The first-order chi connectivity index (χ1) is 15.6. The van der Waals surface area contributed by atoms with Gasteiger partial charge in [-0.15, -0.1) is 0 Å². The molecule has 0 saturated heterocycles. The Kier molecular flexibility index (Phi) is 6.75. The summed E-state index contributed by atoms with van der Waals surface area (Å²) in [7, 11) is 0. The lowest BCUT2D eigenvalue weighted by Gasteiger charge is -2.27. The lowest BCUT2D eigenvalue weighted by molar-refractivity contribution is 0.0998. The van der Waals surface area contributed by atoms with Crippen LogP contribution in [0, 0.1) is 0 Å². The zero-order valence-corrected chi connectivity index (χ0v) is 19.2. The number of anilines is 2. The molecule has 6 nitrogen and oxygen atoms in total. The molecule has 0 bridgehead atoms. The van der Waals surface area contributed by atoms with Gasteiger partial charge in [0.15, 0.2) is 10.9 Å². The summed E-state index contributed by atoms with van der Waals surface area (Å²) in [6.07, 6.45) is 3.41. The fourth-order valence-electron chi connectivity index (χ4n) is 3.69. The van der Waals surface area contributed by atoms with Crippen molar-refractivity contribution in [2.75, 3.05) is 16.8 Å². The van der Waals surface area contributed by atoms with Crippen LogP contribution >= 0.6 is 11.8 Å². The Morgan fingerprint density at radius 1 is 1.06 bits per heavy atom. The summed E-state index contributed by atoms with van der Waals surface area (Å²) in [5.74, 6) is 0.577. The van der Waals surface area contributed by atoms with Gasteiger partial charge < -0.3 is 14.6 Å². The van der Waals surface area contributed by atoms with Crippen LogP contribution in [-0.2, 0) is 5.75 Å². The fourth-order valence-corrected chi connectivity index (χ4v) is 4.52. The summed E-state index contributed by atoms with van der Waals surface area (Å²) >= 11 is 1.47. The van der Waals surface area contributed by atoms with Crippen LogP contribution in [0.2, 0.25) is 0 Å². The highest BCUT2D eigenvalue weighted by atomic mass is 32.2. The van der Waals surface area contributed by atoms with E-state index >= 15 is 0 Å². The molecule has 4 aromatic rings. The van der Waals surface area contributed by atoms with Gasteiger partial charge >= 0.3 is 0 Å². The second-order valence-electron chi connectivity index (χ2n) is 7.61. The van der Waals surface area contributed by atoms with E-state index in [1.807, 2.05) is 48.5 Å². The molecule has 7 heteroatoms. The molecular formula is C25H26N4O2S. The highest BCUT2D eigenvalue weighted by Crippen LogP contribution is 2.31. The molecule has 0 atom stereocenters. The molecule has 2 aromatic carbocycles. The molecule has 0 saturated carbocycles. The van der Waals surface area contributed by atoms with Crippen molar-refractivity contribution >= 4 is 40.0 Å². The normalized spacial score (nSPS) is 11.1. The van der Waals surface area contributed by atoms with E-state index in [0.717, 1.165) is 28.9 Å². The maximum atomic E-state index is 13.1. The quantitative estimate of drug-likeness (QED) is 0.264. The van der Waals surface area contributed by atoms with Crippen LogP contribution < -0.4 is 10.2 Å². The molecular weight excluding hydrogens is 420 g/mol. The summed E-state index contributed by atoms with van der Waals surface area (Å²) in [6, 6.07) is 17.8. The largest absolute Gasteiger partial charge is 0.451 e. The predicted molar refractivity (Wildman–Crippen MR) is 130 cm³/mol. The average Bonchev–Trinajstić information content (AvgIpc) is 3.18. The molecule has 2 heterocycles. The number of amides is 1. The van der Waals surface area contributed by atoms with Crippen LogP contribution in [0.15, 0.2) is 76.6 Å². The first-order valence-electron chi connectivity index (χ1n) is 10.6. The summed E-state index contributed by atoms with van der Waals surface area (Å²) < 4.78 is 5.96. The lowest BCUT2D eigenvalue weighted by atomic mass is 10.1. The van der Waals surface area contributed by atoms with Crippen LogP contribution in [0.4, 0.5) is 11.4 Å². The smallest absolute Gasteiger partial charge is 0.291 e. The van der Waals surface area contributed by atoms with E-state index in [0.29, 0.717) is 28.3 Å². The summed E-state index contributed by atoms with van der Waals surface area (Å²) in [6.45, 7) is 7.40. The van der Waals surface area contributed by atoms with Crippen LogP contribution in [0.5, 0.6) is 0 Å². The molecule has 1 N–H and O–H groups in total. The first-order valence-corrected chi connectivity index (χ1v) is 11.6. The Hall–Kier alpha value is -3.32. The van der Waals surface area contributed by atoms with Gasteiger partial charge in [-0.1, -0.05) is 30.0 Å². The van der Waals surface area contributed by atoms with Crippen molar-refractivity contribution in [1.82, 2.24) is 9.97 Å². The van der Waals surface area contributed by atoms with Crippen molar-refractivity contribution in [3.05, 3.63) is 78.3 Å². The van der Waals surface area contributed by atoms with Crippen LogP contribution in [0.1, 0.15) is 36.9 Å². The van der Waals surface area contributed by atoms with Crippen molar-refractivity contribution in [3.63, 3.8) is 0 Å². The van der Waals surface area contributed by atoms with Crippen molar-refractivity contribution in [1.29, 1.82) is 0 Å². The number of fused-ring (bicyclic) bond motifs is 1. The summed E-state index contributed by atoms with van der Waals surface area (Å²) in [5.41, 5.74) is 3.38. The Labute approximate surface area is 192 Å². The van der Waals surface area contributed by atoms with Crippen molar-refractivity contribution in [3.8, 4) is 0 Å². The highest BCUT2D eigenvalue weighted by Gasteiger charge is 2.21. The number of aromatic nitrogens is 2. The third kappa shape index (κ3) is 4.78. The molecule has 0 spiro atoms. The van der Waals surface area contributed by atoms with E-state index in [9.17, 15) is 4.79 Å². The zero-order chi connectivity index (χ0) is 22.5. The number of carbonyl (C=O) groups excluding carboxylic acids is 1. The molecule has 0 aliphatic heterocycles. The number of thioether (sulfide) groups is 1. The molecule has 0 fully saturated rings. The standard InChI is InChI=1S/C25H26N4O2S/c1-4-29(17(2)3)19-12-10-18(11-13-19)28-24(30)23-21(16-32-25-26-14-7-15-27-25)20-8-5-6-9-22(20)31-23/h5-15,17H,4,16H2,1-3H3,(H,28,30). The number of hydrogen-bond acceptors (Lipinski definition) is 6. The second kappa shape index (κ2) is 9.87. The third-order valence-electron chi connectivity index (χ3n) is 5.21. The SMILES string of the molecule is CCN(c1ccc(NC(=O)c2oc3ccccc3c2CSc2ncccn2)cc1)C(C)C. The fraction of sp³-hybridized carbons (Fsp3) is 0.240. The van der Waals surface area contributed by atoms with Gasteiger partial charge in [-0.05, 0) is 57.2 Å².